The molecular weight excluding hydrogens is 264 g/mol. The minimum atomic E-state index is -0.900. The monoisotopic (exact) mass is 285 g/mol. The van der Waals surface area contributed by atoms with Crippen molar-refractivity contribution in [2.24, 2.45) is 0 Å². The fourth-order valence-corrected chi connectivity index (χ4v) is 2.38. The maximum Gasteiger partial charge on any atom is 0.160 e. The van der Waals surface area contributed by atoms with E-state index in [-0.39, 0.29) is 19.3 Å². The molecule has 1 unspecified atom stereocenters. The van der Waals surface area contributed by atoms with Gasteiger partial charge in [-0.3, -0.25) is 0 Å². The van der Waals surface area contributed by atoms with Gasteiger partial charge in [0.1, 0.15) is 0 Å². The third-order valence-electron chi connectivity index (χ3n) is 3.54. The zero-order chi connectivity index (χ0) is 14.4. The van der Waals surface area contributed by atoms with E-state index >= 15 is 0 Å². The normalized spacial score (nSPS) is 17.9. The van der Waals surface area contributed by atoms with Crippen LogP contribution in [0.1, 0.15) is 32.1 Å². The molecule has 1 aliphatic rings. The van der Waals surface area contributed by atoms with Crippen LogP contribution < -0.4 is 5.32 Å². The molecule has 0 aliphatic heterocycles. The van der Waals surface area contributed by atoms with Crippen molar-refractivity contribution < 1.29 is 18.6 Å². The average Bonchev–Trinajstić information content (AvgIpc) is 2.47. The van der Waals surface area contributed by atoms with E-state index in [4.69, 9.17) is 4.74 Å². The van der Waals surface area contributed by atoms with E-state index in [0.717, 1.165) is 25.0 Å². The Morgan fingerprint density at radius 1 is 1.20 bits per heavy atom. The van der Waals surface area contributed by atoms with Gasteiger partial charge in [0.25, 0.3) is 0 Å². The van der Waals surface area contributed by atoms with E-state index < -0.39 is 17.7 Å². The summed E-state index contributed by atoms with van der Waals surface area (Å²) in [7, 11) is 0. The van der Waals surface area contributed by atoms with Gasteiger partial charge >= 0.3 is 0 Å². The molecule has 1 fully saturated rings. The lowest BCUT2D eigenvalue weighted by Gasteiger charge is -2.23. The zero-order valence-electron chi connectivity index (χ0n) is 11.4. The first-order valence-corrected chi connectivity index (χ1v) is 7.14. The summed E-state index contributed by atoms with van der Waals surface area (Å²) in [5.74, 6) is -1.78. The second-order valence-electron chi connectivity index (χ2n) is 5.26. The van der Waals surface area contributed by atoms with Gasteiger partial charge in [-0.1, -0.05) is 19.3 Å². The Hall–Kier alpha value is -1.20. The van der Waals surface area contributed by atoms with Crippen LogP contribution in [-0.4, -0.2) is 30.5 Å². The van der Waals surface area contributed by atoms with E-state index in [9.17, 15) is 13.9 Å². The molecule has 5 heteroatoms. The van der Waals surface area contributed by atoms with Crippen molar-refractivity contribution in [3.63, 3.8) is 0 Å². The molecule has 0 aromatic heterocycles. The fraction of sp³-hybridized carbons (Fsp3) is 0.600. The summed E-state index contributed by atoms with van der Waals surface area (Å²) in [6, 6.07) is 3.57. The largest absolute Gasteiger partial charge is 0.389 e. The van der Waals surface area contributed by atoms with Crippen LogP contribution in [0.15, 0.2) is 18.2 Å². The lowest BCUT2D eigenvalue weighted by Crippen LogP contribution is -2.28. The fourth-order valence-electron chi connectivity index (χ4n) is 2.38. The molecule has 1 aliphatic carbocycles. The van der Waals surface area contributed by atoms with Gasteiger partial charge in [-0.2, -0.15) is 0 Å². The Labute approximate surface area is 117 Å². The third kappa shape index (κ3) is 4.72. The Morgan fingerprint density at radius 3 is 2.65 bits per heavy atom. The second kappa shape index (κ2) is 7.55. The molecule has 20 heavy (non-hydrogen) atoms. The standard InChI is InChI=1S/C15H21F2NO2/c16-14-7-6-11(8-15(14)17)18-9-12(19)10-20-13-4-2-1-3-5-13/h6-8,12-13,18-19H,1-5,9-10H2. The third-order valence-corrected chi connectivity index (χ3v) is 3.54. The number of hydrogen-bond donors (Lipinski definition) is 2. The number of aliphatic hydroxyl groups is 1. The van der Waals surface area contributed by atoms with E-state index in [1.807, 2.05) is 0 Å². The SMILES string of the molecule is OC(CNc1ccc(F)c(F)c1)COC1CCCCC1. The minimum Gasteiger partial charge on any atom is -0.389 e. The number of hydrogen-bond acceptors (Lipinski definition) is 3. The maximum atomic E-state index is 13.0. The molecule has 2 N–H and O–H groups in total. The molecule has 0 spiro atoms. The highest BCUT2D eigenvalue weighted by atomic mass is 19.2. The van der Waals surface area contributed by atoms with Crippen molar-refractivity contribution in [2.75, 3.05) is 18.5 Å². The Morgan fingerprint density at radius 2 is 1.95 bits per heavy atom. The Kier molecular flexibility index (Phi) is 5.73. The summed E-state index contributed by atoms with van der Waals surface area (Å²) < 4.78 is 31.4. The first-order valence-electron chi connectivity index (χ1n) is 7.14. The van der Waals surface area contributed by atoms with Gasteiger partial charge in [-0.15, -0.1) is 0 Å². The summed E-state index contributed by atoms with van der Waals surface area (Å²) in [5.41, 5.74) is 0.445. The van der Waals surface area contributed by atoms with Crippen molar-refractivity contribution in [1.29, 1.82) is 0 Å². The van der Waals surface area contributed by atoms with Gasteiger partial charge in [0, 0.05) is 18.3 Å². The minimum absolute atomic E-state index is 0.248. The highest BCUT2D eigenvalue weighted by molar-refractivity contribution is 5.43. The van der Waals surface area contributed by atoms with Crippen LogP contribution in [0.3, 0.4) is 0 Å². The zero-order valence-corrected chi connectivity index (χ0v) is 11.4. The predicted molar refractivity (Wildman–Crippen MR) is 73.7 cm³/mol. The number of anilines is 1. The van der Waals surface area contributed by atoms with Crippen LogP contribution in [0.25, 0.3) is 0 Å². The van der Waals surface area contributed by atoms with Crippen LogP contribution in [0.2, 0.25) is 0 Å². The Bertz CT molecular complexity index is 422. The molecule has 1 aromatic rings. The lowest BCUT2D eigenvalue weighted by molar-refractivity contribution is -0.0195. The molecule has 1 saturated carbocycles. The highest BCUT2D eigenvalue weighted by Crippen LogP contribution is 2.20. The average molecular weight is 285 g/mol. The van der Waals surface area contributed by atoms with E-state index in [2.05, 4.69) is 5.32 Å². The van der Waals surface area contributed by atoms with Crippen LogP contribution in [0, 0.1) is 11.6 Å². The smallest absolute Gasteiger partial charge is 0.160 e. The van der Waals surface area contributed by atoms with Crippen LogP contribution >= 0.6 is 0 Å². The van der Waals surface area contributed by atoms with Gasteiger partial charge in [0.05, 0.1) is 18.8 Å². The topological polar surface area (TPSA) is 41.5 Å². The maximum absolute atomic E-state index is 13.0. The molecule has 0 radical (unpaired) electrons. The first kappa shape index (κ1) is 15.2. The predicted octanol–water partition coefficient (Wildman–Crippen LogP) is 3.09. The van der Waals surface area contributed by atoms with Crippen LogP contribution in [0.5, 0.6) is 0 Å². The molecule has 1 aromatic carbocycles. The van der Waals surface area contributed by atoms with Crippen molar-refractivity contribution >= 4 is 5.69 Å². The molecule has 0 saturated heterocycles. The van der Waals surface area contributed by atoms with Crippen molar-refractivity contribution in [1.82, 2.24) is 0 Å². The van der Waals surface area contributed by atoms with Crippen molar-refractivity contribution in [3.05, 3.63) is 29.8 Å². The van der Waals surface area contributed by atoms with Gasteiger partial charge in [-0.25, -0.2) is 8.78 Å². The molecule has 3 nitrogen and oxygen atoms in total. The van der Waals surface area contributed by atoms with E-state index in [1.54, 1.807) is 0 Å². The molecule has 2 rings (SSSR count). The number of benzene rings is 1. The van der Waals surface area contributed by atoms with Gasteiger partial charge < -0.3 is 15.2 Å². The summed E-state index contributed by atoms with van der Waals surface area (Å²) in [5, 5.41) is 12.7. The van der Waals surface area contributed by atoms with E-state index in [1.165, 1.54) is 25.3 Å². The number of rotatable bonds is 6. The van der Waals surface area contributed by atoms with Gasteiger partial charge in [0.15, 0.2) is 11.6 Å². The highest BCUT2D eigenvalue weighted by Gasteiger charge is 2.15. The van der Waals surface area contributed by atoms with Crippen LogP contribution in [-0.2, 0) is 4.74 Å². The van der Waals surface area contributed by atoms with Gasteiger partial charge in [0.2, 0.25) is 0 Å². The number of aliphatic hydroxyl groups excluding tert-OH is 1. The lowest BCUT2D eigenvalue weighted by atomic mass is 9.98. The molecular formula is C15H21F2NO2. The second-order valence-corrected chi connectivity index (χ2v) is 5.26. The Balaban J connectivity index is 1.68. The number of halogens is 2. The van der Waals surface area contributed by atoms with Gasteiger partial charge in [-0.05, 0) is 25.0 Å². The summed E-state index contributed by atoms with van der Waals surface area (Å²) in [4.78, 5) is 0. The molecule has 1 atom stereocenters. The van der Waals surface area contributed by atoms with E-state index in [0.29, 0.717) is 5.69 Å². The number of ether oxygens (including phenoxy) is 1. The quantitative estimate of drug-likeness (QED) is 0.844. The summed E-state index contributed by atoms with van der Waals surface area (Å²) in [6.07, 6.45) is 5.35. The van der Waals surface area contributed by atoms with Crippen LogP contribution in [0.4, 0.5) is 14.5 Å². The summed E-state index contributed by atoms with van der Waals surface area (Å²) >= 11 is 0. The first-order chi connectivity index (χ1) is 9.65. The molecule has 0 bridgehead atoms. The summed E-state index contributed by atoms with van der Waals surface area (Å²) in [6.45, 7) is 0.513. The number of nitrogens with one attached hydrogen (secondary N) is 1. The van der Waals surface area contributed by atoms with Crippen molar-refractivity contribution in [2.45, 2.75) is 44.3 Å². The molecule has 112 valence electrons. The van der Waals surface area contributed by atoms with Crippen molar-refractivity contribution in [3.8, 4) is 0 Å². The molecule has 0 amide bonds. The molecule has 0 heterocycles.